The van der Waals surface area contributed by atoms with E-state index in [9.17, 15) is 4.79 Å². The third kappa shape index (κ3) is 3.00. The van der Waals surface area contributed by atoms with Gasteiger partial charge >= 0.3 is 0 Å². The maximum Gasteiger partial charge on any atom is 0.252 e. The average Bonchev–Trinajstić information content (AvgIpc) is 3.10. The normalized spacial score (nSPS) is 16.6. The van der Waals surface area contributed by atoms with E-state index in [1.54, 1.807) is 18.2 Å². The Morgan fingerprint density at radius 1 is 1.53 bits per heavy atom. The Morgan fingerprint density at radius 3 is 2.82 bits per heavy atom. The van der Waals surface area contributed by atoms with Crippen molar-refractivity contribution in [2.75, 3.05) is 13.2 Å². The lowest BCUT2D eigenvalue weighted by Gasteiger charge is -2.13. The summed E-state index contributed by atoms with van der Waals surface area (Å²) in [5, 5.41) is 12.4. The number of rotatable bonds is 4. The molecular weight excluding hydrogens is 305 g/mol. The number of hydrogen-bond donors (Lipinski definition) is 2. The van der Waals surface area contributed by atoms with Gasteiger partial charge in [-0.1, -0.05) is 27.5 Å². The molecule has 0 aliphatic heterocycles. The lowest BCUT2D eigenvalue weighted by molar-refractivity contribution is 0.0935. The monoisotopic (exact) mass is 317 g/mol. The van der Waals surface area contributed by atoms with Crippen molar-refractivity contribution in [1.82, 2.24) is 5.32 Å². The highest BCUT2D eigenvalue weighted by Crippen LogP contribution is 2.44. The lowest BCUT2D eigenvalue weighted by atomic mass is 10.1. The molecule has 1 amide bonds. The van der Waals surface area contributed by atoms with Gasteiger partial charge in [0, 0.05) is 16.4 Å². The molecule has 17 heavy (non-hydrogen) atoms. The molecule has 0 radical (unpaired) electrons. The van der Waals surface area contributed by atoms with Gasteiger partial charge in [-0.3, -0.25) is 4.79 Å². The molecule has 0 aromatic heterocycles. The zero-order chi connectivity index (χ0) is 12.5. The van der Waals surface area contributed by atoms with E-state index in [0.29, 0.717) is 17.1 Å². The van der Waals surface area contributed by atoms with E-state index in [4.69, 9.17) is 16.7 Å². The van der Waals surface area contributed by atoms with Crippen LogP contribution in [-0.4, -0.2) is 24.2 Å². The molecule has 0 saturated heterocycles. The largest absolute Gasteiger partial charge is 0.396 e. The minimum atomic E-state index is -0.198. The summed E-state index contributed by atoms with van der Waals surface area (Å²) in [5.41, 5.74) is 0.364. The van der Waals surface area contributed by atoms with Crippen molar-refractivity contribution in [2.45, 2.75) is 12.8 Å². The molecule has 0 unspecified atom stereocenters. The molecule has 1 saturated carbocycles. The summed E-state index contributed by atoms with van der Waals surface area (Å²) in [5.74, 6) is -0.198. The summed E-state index contributed by atoms with van der Waals surface area (Å²) >= 11 is 9.26. The first kappa shape index (κ1) is 12.9. The van der Waals surface area contributed by atoms with Crippen LogP contribution in [-0.2, 0) is 0 Å². The van der Waals surface area contributed by atoms with Gasteiger partial charge in [-0.05, 0) is 31.0 Å². The fourth-order valence-electron chi connectivity index (χ4n) is 1.60. The molecule has 3 nitrogen and oxygen atoms in total. The Labute approximate surface area is 113 Å². The van der Waals surface area contributed by atoms with Crippen LogP contribution in [0.1, 0.15) is 23.2 Å². The number of amides is 1. The molecule has 0 spiro atoms. The van der Waals surface area contributed by atoms with Gasteiger partial charge in [-0.15, -0.1) is 0 Å². The van der Waals surface area contributed by atoms with Crippen molar-refractivity contribution in [3.8, 4) is 0 Å². The molecule has 0 atom stereocenters. The molecule has 92 valence electrons. The van der Waals surface area contributed by atoms with Crippen LogP contribution in [0.5, 0.6) is 0 Å². The number of carbonyl (C=O) groups excluding carboxylic acids is 1. The van der Waals surface area contributed by atoms with Crippen molar-refractivity contribution in [3.05, 3.63) is 33.3 Å². The van der Waals surface area contributed by atoms with Crippen molar-refractivity contribution in [3.63, 3.8) is 0 Å². The number of benzene rings is 1. The molecular formula is C12H13BrClNO2. The second-order valence-electron chi connectivity index (χ2n) is 4.46. The molecule has 1 aromatic carbocycles. The van der Waals surface area contributed by atoms with E-state index in [0.717, 1.165) is 17.3 Å². The first-order valence-electron chi connectivity index (χ1n) is 5.40. The Hall–Kier alpha value is -0.580. The first-order chi connectivity index (χ1) is 8.06. The number of nitrogens with one attached hydrogen (secondary N) is 1. The average molecular weight is 319 g/mol. The van der Waals surface area contributed by atoms with Gasteiger partial charge < -0.3 is 10.4 Å². The topological polar surface area (TPSA) is 49.3 Å². The van der Waals surface area contributed by atoms with E-state index in [1.807, 2.05) is 0 Å². The number of aliphatic hydroxyl groups excluding tert-OH is 1. The zero-order valence-electron chi connectivity index (χ0n) is 9.17. The third-order valence-corrected chi connectivity index (χ3v) is 3.91. The van der Waals surface area contributed by atoms with Gasteiger partial charge in [0.15, 0.2) is 0 Å². The van der Waals surface area contributed by atoms with Gasteiger partial charge in [0.25, 0.3) is 5.91 Å². The smallest absolute Gasteiger partial charge is 0.252 e. The highest BCUT2D eigenvalue weighted by Gasteiger charge is 2.42. The highest BCUT2D eigenvalue weighted by molar-refractivity contribution is 9.10. The highest BCUT2D eigenvalue weighted by atomic mass is 79.9. The Bertz CT molecular complexity index is 446. The van der Waals surface area contributed by atoms with Crippen LogP contribution in [0.2, 0.25) is 5.02 Å². The van der Waals surface area contributed by atoms with Crippen molar-refractivity contribution < 1.29 is 9.90 Å². The van der Waals surface area contributed by atoms with Crippen LogP contribution in [0.4, 0.5) is 0 Å². The van der Waals surface area contributed by atoms with Gasteiger partial charge in [0.1, 0.15) is 0 Å². The van der Waals surface area contributed by atoms with Crippen molar-refractivity contribution in [2.24, 2.45) is 5.41 Å². The Kier molecular flexibility index (Phi) is 3.76. The van der Waals surface area contributed by atoms with Crippen LogP contribution in [0, 0.1) is 5.41 Å². The van der Waals surface area contributed by atoms with Crippen LogP contribution < -0.4 is 5.32 Å². The van der Waals surface area contributed by atoms with Crippen LogP contribution >= 0.6 is 27.5 Å². The quantitative estimate of drug-likeness (QED) is 0.896. The maximum absolute atomic E-state index is 11.9. The maximum atomic E-state index is 11.9. The second-order valence-corrected chi connectivity index (χ2v) is 5.79. The van der Waals surface area contributed by atoms with Crippen molar-refractivity contribution >= 4 is 33.4 Å². The van der Waals surface area contributed by atoms with Crippen LogP contribution in [0.15, 0.2) is 22.7 Å². The molecule has 1 aromatic rings. The van der Waals surface area contributed by atoms with Gasteiger partial charge in [-0.25, -0.2) is 0 Å². The van der Waals surface area contributed by atoms with E-state index in [2.05, 4.69) is 21.2 Å². The second kappa shape index (κ2) is 4.96. The number of aliphatic hydroxyl groups is 1. The minimum Gasteiger partial charge on any atom is -0.396 e. The summed E-state index contributed by atoms with van der Waals surface area (Å²) in [6.45, 7) is 0.630. The van der Waals surface area contributed by atoms with E-state index in [-0.39, 0.29) is 17.9 Å². The standard InChI is InChI=1S/C12H13BrClNO2/c13-8-1-2-10(14)9(5-8)11(17)15-6-12(7-16)3-4-12/h1-2,5,16H,3-4,6-7H2,(H,15,17). The predicted octanol–water partition coefficient (Wildman–Crippen LogP) is 2.60. The molecule has 0 heterocycles. The molecule has 2 rings (SSSR count). The number of hydrogen-bond acceptors (Lipinski definition) is 2. The summed E-state index contributed by atoms with van der Waals surface area (Å²) in [6, 6.07) is 5.16. The summed E-state index contributed by atoms with van der Waals surface area (Å²) in [6.07, 6.45) is 1.94. The number of carbonyl (C=O) groups is 1. The van der Waals surface area contributed by atoms with Crippen molar-refractivity contribution in [1.29, 1.82) is 0 Å². The van der Waals surface area contributed by atoms with E-state index in [1.165, 1.54) is 0 Å². The molecule has 2 N–H and O–H groups in total. The molecule has 5 heteroatoms. The first-order valence-corrected chi connectivity index (χ1v) is 6.58. The fraction of sp³-hybridized carbons (Fsp3) is 0.417. The minimum absolute atomic E-state index is 0.0891. The molecule has 1 aliphatic carbocycles. The zero-order valence-corrected chi connectivity index (χ0v) is 11.5. The number of halogens is 2. The van der Waals surface area contributed by atoms with E-state index >= 15 is 0 Å². The predicted molar refractivity (Wildman–Crippen MR) is 70.2 cm³/mol. The van der Waals surface area contributed by atoms with Crippen LogP contribution in [0.3, 0.4) is 0 Å². The summed E-state index contributed by atoms with van der Waals surface area (Å²) in [4.78, 5) is 11.9. The van der Waals surface area contributed by atoms with Gasteiger partial charge in [0.05, 0.1) is 17.2 Å². The lowest BCUT2D eigenvalue weighted by Crippen LogP contribution is -2.32. The summed E-state index contributed by atoms with van der Waals surface area (Å²) in [7, 11) is 0. The SMILES string of the molecule is O=C(NCC1(CO)CC1)c1cc(Br)ccc1Cl. The molecule has 0 bridgehead atoms. The Balaban J connectivity index is 2.02. The Morgan fingerprint density at radius 2 is 2.24 bits per heavy atom. The molecule has 1 aliphatic rings. The fourth-order valence-corrected chi connectivity index (χ4v) is 2.17. The van der Waals surface area contributed by atoms with Crippen LogP contribution in [0.25, 0.3) is 0 Å². The third-order valence-electron chi connectivity index (χ3n) is 3.09. The van der Waals surface area contributed by atoms with E-state index < -0.39 is 0 Å². The summed E-state index contributed by atoms with van der Waals surface area (Å²) < 4.78 is 0.815. The van der Waals surface area contributed by atoms with Gasteiger partial charge in [-0.2, -0.15) is 0 Å². The molecule has 1 fully saturated rings. The van der Waals surface area contributed by atoms with Gasteiger partial charge in [0.2, 0.25) is 0 Å².